The molecule has 0 saturated heterocycles. The average molecular weight is 442 g/mol. The van der Waals surface area contributed by atoms with Crippen molar-refractivity contribution in [3.8, 4) is 11.5 Å². The largest absolute Gasteiger partial charge is 0.497 e. The van der Waals surface area contributed by atoms with E-state index in [9.17, 15) is 8.42 Å². The maximum Gasteiger partial charge on any atom is 0.262 e. The number of methoxy groups -OCH3 is 2. The third-order valence-corrected chi connectivity index (χ3v) is 6.67. The van der Waals surface area contributed by atoms with Crippen molar-refractivity contribution >= 4 is 10.0 Å². The number of sulfonamides is 1. The highest BCUT2D eigenvalue weighted by atomic mass is 32.2. The minimum atomic E-state index is -3.85. The van der Waals surface area contributed by atoms with Crippen molar-refractivity contribution in [2.24, 2.45) is 0 Å². The van der Waals surface area contributed by atoms with E-state index in [1.54, 1.807) is 31.2 Å². The molecule has 0 saturated carbocycles. The normalized spacial score (nSPS) is 12.5. The topological polar surface area (TPSA) is 73.7 Å². The number of nitrogens with zero attached hydrogens (tertiary/aromatic N) is 3. The predicted octanol–water partition coefficient (Wildman–Crippen LogP) is 4.04. The van der Waals surface area contributed by atoms with Gasteiger partial charge in [0.2, 0.25) is 0 Å². The van der Waals surface area contributed by atoms with Crippen molar-refractivity contribution in [1.82, 2.24) is 14.1 Å². The van der Waals surface area contributed by atoms with Gasteiger partial charge in [-0.1, -0.05) is 30.3 Å². The van der Waals surface area contributed by atoms with Crippen LogP contribution in [-0.4, -0.2) is 36.7 Å². The Morgan fingerprint density at radius 2 is 1.45 bits per heavy atom. The second-order valence-corrected chi connectivity index (χ2v) is 8.96. The molecule has 0 bridgehead atoms. The number of hydrogen-bond acceptors (Lipinski definition) is 5. The summed E-state index contributed by atoms with van der Waals surface area (Å²) < 4.78 is 40.4. The lowest BCUT2D eigenvalue weighted by Gasteiger charge is -2.22. The lowest BCUT2D eigenvalue weighted by molar-refractivity contribution is 0.394. The second-order valence-electron chi connectivity index (χ2n) is 7.08. The van der Waals surface area contributed by atoms with Crippen LogP contribution in [0.1, 0.15) is 24.1 Å². The van der Waals surface area contributed by atoms with E-state index in [1.807, 2.05) is 55.5 Å². The van der Waals surface area contributed by atoms with Crippen LogP contribution in [0.4, 0.5) is 0 Å². The van der Waals surface area contributed by atoms with Crippen molar-refractivity contribution in [3.05, 3.63) is 84.6 Å². The van der Waals surface area contributed by atoms with Crippen molar-refractivity contribution in [2.45, 2.75) is 31.1 Å². The Morgan fingerprint density at radius 1 is 0.968 bits per heavy atom. The molecule has 1 aromatic heterocycles. The predicted molar refractivity (Wildman–Crippen MR) is 120 cm³/mol. The number of ether oxygens (including phenoxy) is 2. The van der Waals surface area contributed by atoms with E-state index in [0.717, 1.165) is 11.1 Å². The Bertz CT molecular complexity index is 1060. The SMILES string of the molecule is C=CC(C)n1ccc(S(=O)(=O)N(Cc2ccc(OC)cc2)Cc2ccc(OC)cc2)n1. The van der Waals surface area contributed by atoms with Crippen LogP contribution in [0.25, 0.3) is 0 Å². The number of benzene rings is 2. The highest BCUT2D eigenvalue weighted by Gasteiger charge is 2.28. The highest BCUT2D eigenvalue weighted by molar-refractivity contribution is 7.89. The first kappa shape index (κ1) is 22.6. The first-order valence-electron chi connectivity index (χ1n) is 9.81. The Hall–Kier alpha value is -3.10. The molecule has 0 N–H and O–H groups in total. The van der Waals surface area contributed by atoms with Crippen LogP contribution in [-0.2, 0) is 23.1 Å². The first-order chi connectivity index (χ1) is 14.9. The molecule has 1 heterocycles. The third-order valence-electron chi connectivity index (χ3n) is 4.98. The van der Waals surface area contributed by atoms with E-state index in [2.05, 4.69) is 11.7 Å². The van der Waals surface area contributed by atoms with E-state index >= 15 is 0 Å². The van der Waals surface area contributed by atoms with Crippen LogP contribution < -0.4 is 9.47 Å². The summed E-state index contributed by atoms with van der Waals surface area (Å²) in [5, 5.41) is 4.29. The van der Waals surface area contributed by atoms with Crippen LogP contribution in [0, 0.1) is 0 Å². The van der Waals surface area contributed by atoms with Gasteiger partial charge in [-0.3, -0.25) is 4.68 Å². The van der Waals surface area contributed by atoms with E-state index in [-0.39, 0.29) is 24.2 Å². The molecule has 0 radical (unpaired) electrons. The van der Waals surface area contributed by atoms with Crippen LogP contribution >= 0.6 is 0 Å². The third kappa shape index (κ3) is 5.34. The van der Waals surface area contributed by atoms with Crippen LogP contribution in [0.5, 0.6) is 11.5 Å². The molecule has 7 nitrogen and oxygen atoms in total. The number of hydrogen-bond donors (Lipinski definition) is 0. The summed E-state index contributed by atoms with van der Waals surface area (Å²) in [4.78, 5) is 0. The van der Waals surface area contributed by atoms with Gasteiger partial charge in [0.1, 0.15) is 11.5 Å². The lowest BCUT2D eigenvalue weighted by Crippen LogP contribution is -2.30. The van der Waals surface area contributed by atoms with E-state index in [0.29, 0.717) is 11.5 Å². The highest BCUT2D eigenvalue weighted by Crippen LogP contribution is 2.23. The van der Waals surface area contributed by atoms with Gasteiger partial charge in [-0.15, -0.1) is 6.58 Å². The molecule has 2 aromatic carbocycles. The maximum absolute atomic E-state index is 13.5. The lowest BCUT2D eigenvalue weighted by atomic mass is 10.2. The summed E-state index contributed by atoms with van der Waals surface area (Å²) in [5.74, 6) is 1.43. The van der Waals surface area contributed by atoms with Gasteiger partial charge in [0, 0.05) is 19.3 Å². The molecular formula is C23H27N3O4S. The minimum Gasteiger partial charge on any atom is -0.497 e. The summed E-state index contributed by atoms with van der Waals surface area (Å²) in [6.45, 7) is 6.03. The van der Waals surface area contributed by atoms with Gasteiger partial charge < -0.3 is 9.47 Å². The fourth-order valence-electron chi connectivity index (χ4n) is 3.02. The second kappa shape index (κ2) is 9.80. The minimum absolute atomic E-state index is 0.00298. The Morgan fingerprint density at radius 3 is 1.87 bits per heavy atom. The average Bonchev–Trinajstić information content (AvgIpc) is 3.30. The zero-order chi connectivity index (χ0) is 22.4. The van der Waals surface area contributed by atoms with Crippen molar-refractivity contribution in [2.75, 3.05) is 14.2 Å². The molecule has 3 aromatic rings. The van der Waals surface area contributed by atoms with Gasteiger partial charge in [-0.25, -0.2) is 8.42 Å². The zero-order valence-corrected chi connectivity index (χ0v) is 18.7. The van der Waals surface area contributed by atoms with Gasteiger partial charge in [0.05, 0.1) is 20.3 Å². The molecule has 1 atom stereocenters. The fraction of sp³-hybridized carbons (Fsp3) is 0.261. The molecule has 3 rings (SSSR count). The number of rotatable bonds is 10. The van der Waals surface area contributed by atoms with Gasteiger partial charge in [0.25, 0.3) is 10.0 Å². The molecule has 8 heteroatoms. The summed E-state index contributed by atoms with van der Waals surface area (Å²) in [6, 6.07) is 16.1. The summed E-state index contributed by atoms with van der Waals surface area (Å²) in [5.41, 5.74) is 1.69. The van der Waals surface area contributed by atoms with Gasteiger partial charge in [0.15, 0.2) is 5.03 Å². The van der Waals surface area contributed by atoms with Gasteiger partial charge in [-0.05, 0) is 48.4 Å². The van der Waals surface area contributed by atoms with Gasteiger partial charge >= 0.3 is 0 Å². The van der Waals surface area contributed by atoms with Crippen LogP contribution in [0.2, 0.25) is 0 Å². The van der Waals surface area contributed by atoms with Crippen LogP contribution in [0.3, 0.4) is 0 Å². The smallest absolute Gasteiger partial charge is 0.262 e. The number of aromatic nitrogens is 2. The maximum atomic E-state index is 13.5. The van der Waals surface area contributed by atoms with Crippen molar-refractivity contribution in [3.63, 3.8) is 0 Å². The summed E-state index contributed by atoms with van der Waals surface area (Å²) in [6.07, 6.45) is 3.36. The van der Waals surface area contributed by atoms with Crippen molar-refractivity contribution in [1.29, 1.82) is 0 Å². The standard InChI is InChI=1S/C23H27N3O4S/c1-5-18(2)26-15-14-23(24-26)31(27,28)25(16-19-6-10-21(29-3)11-7-19)17-20-8-12-22(30-4)13-9-20/h5-15,18H,1,16-17H2,2-4H3. The Balaban J connectivity index is 1.94. The Labute approximate surface area is 183 Å². The molecule has 31 heavy (non-hydrogen) atoms. The van der Waals surface area contributed by atoms with Crippen LogP contribution in [0.15, 0.2) is 78.5 Å². The molecule has 0 aliphatic rings. The van der Waals surface area contributed by atoms with Gasteiger partial charge in [-0.2, -0.15) is 9.40 Å². The Kier molecular flexibility index (Phi) is 7.14. The quantitative estimate of drug-likeness (QED) is 0.444. The number of allylic oxidation sites excluding steroid dienone is 1. The molecule has 0 fully saturated rings. The van der Waals surface area contributed by atoms with E-state index in [1.165, 1.54) is 10.4 Å². The first-order valence-corrected chi connectivity index (χ1v) is 11.2. The molecule has 0 spiro atoms. The molecular weight excluding hydrogens is 414 g/mol. The monoisotopic (exact) mass is 441 g/mol. The molecule has 0 aliphatic heterocycles. The summed E-state index contributed by atoms with van der Waals surface area (Å²) >= 11 is 0. The molecule has 164 valence electrons. The fourth-order valence-corrected chi connectivity index (χ4v) is 4.35. The van der Waals surface area contributed by atoms with E-state index in [4.69, 9.17) is 9.47 Å². The molecule has 0 amide bonds. The molecule has 1 unspecified atom stereocenters. The van der Waals surface area contributed by atoms with E-state index < -0.39 is 10.0 Å². The summed E-state index contributed by atoms with van der Waals surface area (Å²) in [7, 11) is -0.659. The zero-order valence-electron chi connectivity index (χ0n) is 17.9. The van der Waals surface area contributed by atoms with Crippen molar-refractivity contribution < 1.29 is 17.9 Å². The molecule has 0 aliphatic carbocycles.